The number of nitrogens with one attached hydrogen (secondary N) is 1. The van der Waals surface area contributed by atoms with E-state index < -0.39 is 0 Å². The Morgan fingerprint density at radius 1 is 1.15 bits per heavy atom. The van der Waals surface area contributed by atoms with Gasteiger partial charge >= 0.3 is 0 Å². The van der Waals surface area contributed by atoms with Crippen LogP contribution in [0.2, 0.25) is 5.02 Å². The zero-order valence-corrected chi connectivity index (χ0v) is 12.5. The zero-order chi connectivity index (χ0) is 14.1. The molecule has 3 rings (SSSR count). The van der Waals surface area contributed by atoms with Crippen molar-refractivity contribution in [3.8, 4) is 5.75 Å². The first kappa shape index (κ1) is 13.5. The van der Waals surface area contributed by atoms with Crippen molar-refractivity contribution in [2.45, 2.75) is 19.4 Å². The molecular formula is C17H18ClNO. The maximum Gasteiger partial charge on any atom is 0.122 e. The first-order valence-electron chi connectivity index (χ1n) is 6.87. The van der Waals surface area contributed by atoms with E-state index in [4.69, 9.17) is 16.3 Å². The minimum Gasteiger partial charge on any atom is -0.493 e. The van der Waals surface area contributed by atoms with E-state index in [2.05, 4.69) is 36.5 Å². The summed E-state index contributed by atoms with van der Waals surface area (Å²) in [6, 6.07) is 12.8. The van der Waals surface area contributed by atoms with Gasteiger partial charge in [0.05, 0.1) is 12.6 Å². The minimum atomic E-state index is 0.151. The second kappa shape index (κ2) is 5.47. The molecule has 0 bridgehead atoms. The molecule has 104 valence electrons. The minimum absolute atomic E-state index is 0.151. The topological polar surface area (TPSA) is 21.3 Å². The number of hydrogen-bond acceptors (Lipinski definition) is 2. The van der Waals surface area contributed by atoms with Gasteiger partial charge in [0, 0.05) is 11.4 Å². The lowest BCUT2D eigenvalue weighted by atomic mass is 9.95. The Morgan fingerprint density at radius 2 is 2.00 bits per heavy atom. The number of halogens is 1. The van der Waals surface area contributed by atoms with E-state index in [1.54, 1.807) is 0 Å². The van der Waals surface area contributed by atoms with E-state index >= 15 is 0 Å². The van der Waals surface area contributed by atoms with Gasteiger partial charge in [-0.1, -0.05) is 29.8 Å². The molecule has 20 heavy (non-hydrogen) atoms. The van der Waals surface area contributed by atoms with Crippen molar-refractivity contribution in [2.75, 3.05) is 13.7 Å². The van der Waals surface area contributed by atoms with Crippen LogP contribution in [0.15, 0.2) is 36.4 Å². The van der Waals surface area contributed by atoms with Crippen LogP contribution in [0.4, 0.5) is 0 Å². The predicted molar refractivity (Wildman–Crippen MR) is 82.7 cm³/mol. The molecule has 2 aromatic rings. The van der Waals surface area contributed by atoms with E-state index in [0.29, 0.717) is 0 Å². The SMILES string of the molecule is CNC(c1cc(C)cc(Cl)c1)c1ccc2c(c1)CCO2. The smallest absolute Gasteiger partial charge is 0.122 e. The quantitative estimate of drug-likeness (QED) is 0.925. The molecule has 1 aliphatic heterocycles. The third kappa shape index (κ3) is 2.54. The van der Waals surface area contributed by atoms with Crippen molar-refractivity contribution in [1.29, 1.82) is 0 Å². The lowest BCUT2D eigenvalue weighted by molar-refractivity contribution is 0.357. The molecule has 1 unspecified atom stereocenters. The van der Waals surface area contributed by atoms with Crippen LogP contribution in [-0.4, -0.2) is 13.7 Å². The molecule has 3 heteroatoms. The first-order chi connectivity index (χ1) is 9.67. The van der Waals surface area contributed by atoms with Crippen LogP contribution in [0.3, 0.4) is 0 Å². The molecular weight excluding hydrogens is 270 g/mol. The molecule has 0 amide bonds. The molecule has 0 spiro atoms. The average molecular weight is 288 g/mol. The highest BCUT2D eigenvalue weighted by Crippen LogP contribution is 2.31. The zero-order valence-electron chi connectivity index (χ0n) is 11.7. The summed E-state index contributed by atoms with van der Waals surface area (Å²) >= 11 is 6.18. The summed E-state index contributed by atoms with van der Waals surface area (Å²) in [5.74, 6) is 1.02. The van der Waals surface area contributed by atoms with Crippen LogP contribution < -0.4 is 10.1 Å². The maximum atomic E-state index is 6.18. The summed E-state index contributed by atoms with van der Waals surface area (Å²) < 4.78 is 5.57. The Balaban J connectivity index is 2.01. The highest BCUT2D eigenvalue weighted by atomic mass is 35.5. The second-order valence-corrected chi connectivity index (χ2v) is 5.69. The molecule has 1 atom stereocenters. The molecule has 0 aliphatic carbocycles. The van der Waals surface area contributed by atoms with Crippen LogP contribution in [-0.2, 0) is 6.42 Å². The molecule has 1 aliphatic rings. The highest BCUT2D eigenvalue weighted by Gasteiger charge is 2.17. The number of rotatable bonds is 3. The molecule has 1 N–H and O–H groups in total. The lowest BCUT2D eigenvalue weighted by Crippen LogP contribution is -2.17. The van der Waals surface area contributed by atoms with Gasteiger partial charge < -0.3 is 10.1 Å². The number of benzene rings is 2. The Bertz CT molecular complexity index is 619. The van der Waals surface area contributed by atoms with Gasteiger partial charge in [0.25, 0.3) is 0 Å². The van der Waals surface area contributed by atoms with Gasteiger partial charge in [-0.15, -0.1) is 0 Å². The van der Waals surface area contributed by atoms with E-state index in [1.807, 2.05) is 19.2 Å². The summed E-state index contributed by atoms with van der Waals surface area (Å²) in [7, 11) is 1.98. The Hall–Kier alpha value is -1.51. The van der Waals surface area contributed by atoms with Gasteiger partial charge in [0.15, 0.2) is 0 Å². The Morgan fingerprint density at radius 3 is 2.75 bits per heavy atom. The Kier molecular flexibility index (Phi) is 3.68. The van der Waals surface area contributed by atoms with Crippen LogP contribution in [0, 0.1) is 6.92 Å². The van der Waals surface area contributed by atoms with Gasteiger partial charge in [-0.3, -0.25) is 0 Å². The second-order valence-electron chi connectivity index (χ2n) is 5.25. The van der Waals surface area contributed by atoms with Crippen molar-refractivity contribution in [1.82, 2.24) is 5.32 Å². The summed E-state index contributed by atoms with van der Waals surface area (Å²) in [5, 5.41) is 4.16. The highest BCUT2D eigenvalue weighted by molar-refractivity contribution is 6.30. The van der Waals surface area contributed by atoms with Crippen LogP contribution in [0.5, 0.6) is 5.75 Å². The van der Waals surface area contributed by atoms with Crippen molar-refractivity contribution in [2.24, 2.45) is 0 Å². The van der Waals surface area contributed by atoms with E-state index in [1.165, 1.54) is 22.3 Å². The summed E-state index contributed by atoms with van der Waals surface area (Å²) in [6.07, 6.45) is 0.994. The molecule has 0 fully saturated rings. The molecule has 2 aromatic carbocycles. The van der Waals surface area contributed by atoms with E-state index in [0.717, 1.165) is 23.8 Å². The molecule has 0 saturated carbocycles. The van der Waals surface area contributed by atoms with Crippen LogP contribution in [0.1, 0.15) is 28.3 Å². The van der Waals surface area contributed by atoms with Gasteiger partial charge in [0.1, 0.15) is 5.75 Å². The monoisotopic (exact) mass is 287 g/mol. The van der Waals surface area contributed by atoms with Crippen LogP contribution >= 0.6 is 11.6 Å². The standard InChI is InChI=1S/C17H18ClNO/c1-11-7-14(10-15(18)8-11)17(19-2)13-3-4-16-12(9-13)5-6-20-16/h3-4,7-10,17,19H,5-6H2,1-2H3. The van der Waals surface area contributed by atoms with Crippen molar-refractivity contribution in [3.05, 3.63) is 63.7 Å². The number of aryl methyl sites for hydroxylation is 1. The van der Waals surface area contributed by atoms with E-state index in [9.17, 15) is 0 Å². The largest absolute Gasteiger partial charge is 0.493 e. The summed E-state index contributed by atoms with van der Waals surface area (Å²) in [5.41, 5.74) is 4.91. The lowest BCUT2D eigenvalue weighted by Gasteiger charge is -2.19. The summed E-state index contributed by atoms with van der Waals surface area (Å²) in [4.78, 5) is 0. The third-order valence-electron chi connectivity index (χ3n) is 3.73. The fraction of sp³-hybridized carbons (Fsp3) is 0.294. The Labute approximate surface area is 124 Å². The number of hydrogen-bond donors (Lipinski definition) is 1. The summed E-state index contributed by atoms with van der Waals surface area (Å²) in [6.45, 7) is 2.86. The first-order valence-corrected chi connectivity index (χ1v) is 7.25. The maximum absolute atomic E-state index is 6.18. The normalized spacial score (nSPS) is 14.8. The molecule has 0 aromatic heterocycles. The number of ether oxygens (including phenoxy) is 1. The van der Waals surface area contributed by atoms with Gasteiger partial charge in [-0.25, -0.2) is 0 Å². The van der Waals surface area contributed by atoms with E-state index in [-0.39, 0.29) is 6.04 Å². The van der Waals surface area contributed by atoms with Gasteiger partial charge in [0.2, 0.25) is 0 Å². The van der Waals surface area contributed by atoms with Crippen molar-refractivity contribution in [3.63, 3.8) is 0 Å². The van der Waals surface area contributed by atoms with Crippen molar-refractivity contribution < 1.29 is 4.74 Å². The predicted octanol–water partition coefficient (Wildman–Crippen LogP) is 3.89. The third-order valence-corrected chi connectivity index (χ3v) is 3.95. The molecule has 1 heterocycles. The van der Waals surface area contributed by atoms with Crippen LogP contribution in [0.25, 0.3) is 0 Å². The molecule has 0 saturated heterocycles. The fourth-order valence-corrected chi connectivity index (χ4v) is 3.14. The van der Waals surface area contributed by atoms with Gasteiger partial charge in [-0.2, -0.15) is 0 Å². The molecule has 0 radical (unpaired) electrons. The van der Waals surface area contributed by atoms with Crippen molar-refractivity contribution >= 4 is 11.6 Å². The van der Waals surface area contributed by atoms with Gasteiger partial charge in [-0.05, 0) is 54.4 Å². The average Bonchev–Trinajstić information content (AvgIpc) is 2.86. The fourth-order valence-electron chi connectivity index (χ4n) is 2.84. The number of fused-ring (bicyclic) bond motifs is 1. The molecule has 2 nitrogen and oxygen atoms in total.